The minimum absolute atomic E-state index is 0.00191. The first-order valence-corrected chi connectivity index (χ1v) is 6.51. The Bertz CT molecular complexity index is 480. The highest BCUT2D eigenvalue weighted by Gasteiger charge is 2.27. The van der Waals surface area contributed by atoms with Crippen molar-refractivity contribution in [1.29, 1.82) is 0 Å². The zero-order chi connectivity index (χ0) is 14.5. The van der Waals surface area contributed by atoms with Gasteiger partial charge >= 0.3 is 5.69 Å². The number of rotatable bonds is 5. The summed E-state index contributed by atoms with van der Waals surface area (Å²) < 4.78 is 5.17. The van der Waals surface area contributed by atoms with Crippen molar-refractivity contribution in [2.45, 2.75) is 12.8 Å². The van der Waals surface area contributed by atoms with Crippen LogP contribution < -0.4 is 16.2 Å². The maximum Gasteiger partial charge on any atom is 0.311 e. The molecule has 8 nitrogen and oxygen atoms in total. The van der Waals surface area contributed by atoms with Crippen LogP contribution in [0.2, 0.25) is 0 Å². The summed E-state index contributed by atoms with van der Waals surface area (Å²) in [7, 11) is 1.67. The predicted molar refractivity (Wildman–Crippen MR) is 75.5 cm³/mol. The number of hydrogen-bond donors (Lipinski definition) is 2. The lowest BCUT2D eigenvalue weighted by Gasteiger charge is -2.33. The Hall–Kier alpha value is -1.93. The number of anilines is 2. The van der Waals surface area contributed by atoms with Crippen LogP contribution in [0.25, 0.3) is 0 Å². The Morgan fingerprint density at radius 1 is 1.65 bits per heavy atom. The van der Waals surface area contributed by atoms with Crippen molar-refractivity contribution in [3.63, 3.8) is 0 Å². The van der Waals surface area contributed by atoms with Gasteiger partial charge in [0.05, 0.1) is 11.5 Å². The van der Waals surface area contributed by atoms with Crippen LogP contribution in [0.1, 0.15) is 12.8 Å². The minimum Gasteiger partial charge on any atom is -0.384 e. The highest BCUT2D eigenvalue weighted by molar-refractivity contribution is 5.61. The SMILES string of the molecule is COCC1CCCN(c2nc(NN)ccc2[N+](=O)[O-])C1. The van der Waals surface area contributed by atoms with Gasteiger partial charge in [0.25, 0.3) is 0 Å². The van der Waals surface area contributed by atoms with Crippen molar-refractivity contribution in [3.8, 4) is 0 Å². The summed E-state index contributed by atoms with van der Waals surface area (Å²) in [6, 6.07) is 2.93. The smallest absolute Gasteiger partial charge is 0.311 e. The Labute approximate surface area is 117 Å². The molecule has 1 unspecified atom stereocenters. The summed E-state index contributed by atoms with van der Waals surface area (Å²) >= 11 is 0. The molecule has 0 radical (unpaired) electrons. The number of nitrogens with zero attached hydrogens (tertiary/aromatic N) is 3. The Morgan fingerprint density at radius 2 is 2.45 bits per heavy atom. The van der Waals surface area contributed by atoms with Gasteiger partial charge in [-0.1, -0.05) is 0 Å². The average Bonchev–Trinajstić information content (AvgIpc) is 2.47. The third-order valence-electron chi connectivity index (χ3n) is 3.42. The van der Waals surface area contributed by atoms with Crippen molar-refractivity contribution in [3.05, 3.63) is 22.2 Å². The molecule has 3 N–H and O–H groups in total. The molecule has 0 saturated carbocycles. The van der Waals surface area contributed by atoms with Crippen LogP contribution >= 0.6 is 0 Å². The molecule has 1 aromatic rings. The number of hydrogen-bond acceptors (Lipinski definition) is 7. The summed E-state index contributed by atoms with van der Waals surface area (Å²) in [5, 5.41) is 11.1. The van der Waals surface area contributed by atoms with E-state index < -0.39 is 4.92 Å². The second-order valence-corrected chi connectivity index (χ2v) is 4.85. The highest BCUT2D eigenvalue weighted by atomic mass is 16.6. The van der Waals surface area contributed by atoms with E-state index in [1.54, 1.807) is 7.11 Å². The van der Waals surface area contributed by atoms with Gasteiger partial charge in [0.2, 0.25) is 5.82 Å². The number of nitrogens with one attached hydrogen (secondary N) is 1. The van der Waals surface area contributed by atoms with E-state index in [2.05, 4.69) is 10.4 Å². The number of nitro groups is 1. The maximum absolute atomic E-state index is 11.1. The molecule has 0 aliphatic carbocycles. The fourth-order valence-electron chi connectivity index (χ4n) is 2.53. The number of ether oxygens (including phenoxy) is 1. The zero-order valence-electron chi connectivity index (χ0n) is 11.4. The fraction of sp³-hybridized carbons (Fsp3) is 0.583. The number of nitrogens with two attached hydrogens (primary N) is 1. The molecular formula is C12H19N5O3. The van der Waals surface area contributed by atoms with E-state index in [9.17, 15) is 10.1 Å². The predicted octanol–water partition coefficient (Wildman–Crippen LogP) is 1.14. The minimum atomic E-state index is -0.414. The molecule has 20 heavy (non-hydrogen) atoms. The Kier molecular flexibility index (Phi) is 4.70. The van der Waals surface area contributed by atoms with Crippen molar-refractivity contribution < 1.29 is 9.66 Å². The van der Waals surface area contributed by atoms with E-state index in [1.807, 2.05) is 4.90 Å². The molecule has 0 bridgehead atoms. The largest absolute Gasteiger partial charge is 0.384 e. The lowest BCUT2D eigenvalue weighted by Crippen LogP contribution is -2.38. The second-order valence-electron chi connectivity index (χ2n) is 4.85. The number of methoxy groups -OCH3 is 1. The molecule has 1 aliphatic heterocycles. The lowest BCUT2D eigenvalue weighted by molar-refractivity contribution is -0.384. The lowest BCUT2D eigenvalue weighted by atomic mass is 9.99. The zero-order valence-corrected chi connectivity index (χ0v) is 11.4. The molecule has 0 aromatic carbocycles. The van der Waals surface area contributed by atoms with Gasteiger partial charge in [-0.15, -0.1) is 0 Å². The van der Waals surface area contributed by atoms with Crippen molar-refractivity contribution in [1.82, 2.24) is 4.98 Å². The first-order chi connectivity index (χ1) is 9.65. The summed E-state index contributed by atoms with van der Waals surface area (Å²) in [5.41, 5.74) is 2.43. The molecule has 110 valence electrons. The average molecular weight is 281 g/mol. The third kappa shape index (κ3) is 3.14. The van der Waals surface area contributed by atoms with Crippen molar-refractivity contribution in [2.75, 3.05) is 37.1 Å². The van der Waals surface area contributed by atoms with Gasteiger partial charge in [-0.25, -0.2) is 10.8 Å². The Balaban J connectivity index is 2.27. The van der Waals surface area contributed by atoms with Crippen LogP contribution in [0.15, 0.2) is 12.1 Å². The molecular weight excluding hydrogens is 262 g/mol. The molecule has 0 spiro atoms. The molecule has 1 fully saturated rings. The van der Waals surface area contributed by atoms with Crippen LogP contribution in [-0.2, 0) is 4.74 Å². The molecule has 8 heteroatoms. The molecule has 2 heterocycles. The van der Waals surface area contributed by atoms with Gasteiger partial charge in [0.15, 0.2) is 0 Å². The van der Waals surface area contributed by atoms with Crippen LogP contribution in [-0.4, -0.2) is 36.7 Å². The van der Waals surface area contributed by atoms with Gasteiger partial charge in [-0.3, -0.25) is 10.1 Å². The number of aromatic nitrogens is 1. The van der Waals surface area contributed by atoms with E-state index in [1.165, 1.54) is 12.1 Å². The second kappa shape index (κ2) is 6.49. The normalized spacial score (nSPS) is 18.9. The Morgan fingerprint density at radius 3 is 3.10 bits per heavy atom. The van der Waals surface area contributed by atoms with Gasteiger partial charge in [-0.2, -0.15) is 0 Å². The van der Waals surface area contributed by atoms with Crippen LogP contribution in [0.3, 0.4) is 0 Å². The summed E-state index contributed by atoms with van der Waals surface area (Å²) in [6.45, 7) is 2.11. The summed E-state index contributed by atoms with van der Waals surface area (Å²) in [5.74, 6) is 6.48. The quantitative estimate of drug-likeness (QED) is 0.473. The third-order valence-corrected chi connectivity index (χ3v) is 3.42. The van der Waals surface area contributed by atoms with E-state index in [0.29, 0.717) is 30.7 Å². The number of pyridine rings is 1. The van der Waals surface area contributed by atoms with Gasteiger partial charge in [0.1, 0.15) is 5.82 Å². The van der Waals surface area contributed by atoms with E-state index in [-0.39, 0.29) is 5.69 Å². The summed E-state index contributed by atoms with van der Waals surface area (Å²) in [4.78, 5) is 16.9. The standard InChI is InChI=1S/C12H19N5O3/c1-20-8-9-3-2-6-16(7-9)12-10(17(18)19)4-5-11(14-12)15-13/h4-5,9H,2-3,6-8,13H2,1H3,(H,14,15). The first kappa shape index (κ1) is 14.5. The molecule has 1 atom stereocenters. The van der Waals surface area contributed by atoms with Gasteiger partial charge < -0.3 is 15.1 Å². The number of nitrogen functional groups attached to an aromatic ring is 1. The van der Waals surface area contributed by atoms with Gasteiger partial charge in [-0.05, 0) is 24.8 Å². The van der Waals surface area contributed by atoms with E-state index in [0.717, 1.165) is 19.4 Å². The fourth-order valence-corrected chi connectivity index (χ4v) is 2.53. The highest BCUT2D eigenvalue weighted by Crippen LogP contribution is 2.30. The number of hydrazine groups is 1. The molecule has 2 rings (SSSR count). The van der Waals surface area contributed by atoms with Crippen molar-refractivity contribution in [2.24, 2.45) is 11.8 Å². The first-order valence-electron chi connectivity index (χ1n) is 6.51. The van der Waals surface area contributed by atoms with E-state index >= 15 is 0 Å². The molecule has 0 amide bonds. The van der Waals surface area contributed by atoms with Gasteiger partial charge in [0, 0.05) is 26.3 Å². The topological polar surface area (TPSA) is 107 Å². The summed E-state index contributed by atoms with van der Waals surface area (Å²) in [6.07, 6.45) is 2.03. The van der Waals surface area contributed by atoms with Crippen LogP contribution in [0.4, 0.5) is 17.3 Å². The molecule has 1 saturated heterocycles. The molecule has 1 aliphatic rings. The number of piperidine rings is 1. The van der Waals surface area contributed by atoms with Crippen molar-refractivity contribution >= 4 is 17.3 Å². The van der Waals surface area contributed by atoms with Crippen LogP contribution in [0.5, 0.6) is 0 Å². The van der Waals surface area contributed by atoms with E-state index in [4.69, 9.17) is 10.6 Å². The van der Waals surface area contributed by atoms with Crippen LogP contribution in [0, 0.1) is 16.0 Å². The maximum atomic E-state index is 11.1. The monoisotopic (exact) mass is 281 g/mol. The molecule has 1 aromatic heterocycles.